The van der Waals surface area contributed by atoms with Crippen LogP contribution in [0.25, 0.3) is 6.08 Å². The van der Waals surface area contributed by atoms with Crippen LogP contribution in [0.15, 0.2) is 48.0 Å². The summed E-state index contributed by atoms with van der Waals surface area (Å²) >= 11 is 1.96. The zero-order valence-corrected chi connectivity index (χ0v) is 15.3. The first kappa shape index (κ1) is 18.5. The molecule has 0 aromatic heterocycles. The van der Waals surface area contributed by atoms with Gasteiger partial charge in [0.05, 0.1) is 16.2 Å². The highest BCUT2D eigenvalue weighted by Gasteiger charge is 2.11. The Morgan fingerprint density at radius 1 is 1.24 bits per heavy atom. The number of esters is 1. The standard InChI is InChI=1S/C18H13IN2O4/c1-25-18(24)12-3-5-14(6-4-12)21-17(23)13(10-20)8-11-2-7-16(22)15(19)9-11/h2-9,22H,1H3,(H,21,23)/b13-8+. The highest BCUT2D eigenvalue weighted by molar-refractivity contribution is 14.1. The van der Waals surface area contributed by atoms with Crippen LogP contribution in [0.5, 0.6) is 5.75 Å². The van der Waals surface area contributed by atoms with E-state index in [1.807, 2.05) is 28.7 Å². The highest BCUT2D eigenvalue weighted by Crippen LogP contribution is 2.22. The van der Waals surface area contributed by atoms with E-state index in [2.05, 4.69) is 10.1 Å². The molecule has 0 heterocycles. The lowest BCUT2D eigenvalue weighted by Crippen LogP contribution is -2.13. The Kier molecular flexibility index (Phi) is 6.14. The number of carbonyl (C=O) groups excluding carboxylic acids is 2. The average Bonchev–Trinajstić information content (AvgIpc) is 2.62. The predicted octanol–water partition coefficient (Wildman–Crippen LogP) is 3.33. The van der Waals surface area contributed by atoms with Gasteiger partial charge in [-0.25, -0.2) is 4.79 Å². The Morgan fingerprint density at radius 2 is 1.92 bits per heavy atom. The second kappa shape index (κ2) is 8.30. The normalized spacial score (nSPS) is 10.7. The Bertz CT molecular complexity index is 883. The van der Waals surface area contributed by atoms with Gasteiger partial charge in [0, 0.05) is 5.69 Å². The monoisotopic (exact) mass is 448 g/mol. The molecule has 7 heteroatoms. The average molecular weight is 448 g/mol. The van der Waals surface area contributed by atoms with Crippen molar-refractivity contribution in [2.24, 2.45) is 0 Å². The molecule has 6 nitrogen and oxygen atoms in total. The summed E-state index contributed by atoms with van der Waals surface area (Å²) in [5.74, 6) is -0.916. The third-order valence-corrected chi connectivity index (χ3v) is 4.08. The van der Waals surface area contributed by atoms with Crippen molar-refractivity contribution in [3.8, 4) is 11.8 Å². The number of hydrogen-bond acceptors (Lipinski definition) is 5. The van der Waals surface area contributed by atoms with Gasteiger partial charge in [-0.1, -0.05) is 6.07 Å². The fourth-order valence-corrected chi connectivity index (χ4v) is 2.47. The number of anilines is 1. The summed E-state index contributed by atoms with van der Waals surface area (Å²) < 4.78 is 5.21. The number of nitrogens with zero attached hydrogens (tertiary/aromatic N) is 1. The molecule has 2 N–H and O–H groups in total. The highest BCUT2D eigenvalue weighted by atomic mass is 127. The number of rotatable bonds is 4. The van der Waals surface area contributed by atoms with Gasteiger partial charge in [-0.3, -0.25) is 4.79 Å². The summed E-state index contributed by atoms with van der Waals surface area (Å²) in [5, 5.41) is 21.3. The summed E-state index contributed by atoms with van der Waals surface area (Å²) in [7, 11) is 1.28. The molecule has 126 valence electrons. The minimum Gasteiger partial charge on any atom is -0.507 e. The van der Waals surface area contributed by atoms with Crippen LogP contribution in [0, 0.1) is 14.9 Å². The molecule has 0 saturated carbocycles. The van der Waals surface area contributed by atoms with Crippen molar-refractivity contribution < 1.29 is 19.4 Å². The maximum Gasteiger partial charge on any atom is 0.337 e. The number of methoxy groups -OCH3 is 1. The van der Waals surface area contributed by atoms with Crippen LogP contribution in [0.2, 0.25) is 0 Å². The molecule has 0 aliphatic carbocycles. The molecule has 0 unspecified atom stereocenters. The van der Waals surface area contributed by atoms with Crippen LogP contribution < -0.4 is 5.32 Å². The van der Waals surface area contributed by atoms with Crippen molar-refractivity contribution in [3.63, 3.8) is 0 Å². The second-order valence-electron chi connectivity index (χ2n) is 4.90. The molecule has 0 radical (unpaired) electrons. The minimum absolute atomic E-state index is 0.0847. The molecule has 2 rings (SSSR count). The van der Waals surface area contributed by atoms with Gasteiger partial charge >= 0.3 is 5.97 Å². The Balaban J connectivity index is 2.17. The van der Waals surface area contributed by atoms with Gasteiger partial charge in [0.15, 0.2) is 0 Å². The number of halogens is 1. The van der Waals surface area contributed by atoms with E-state index in [4.69, 9.17) is 0 Å². The van der Waals surface area contributed by atoms with E-state index in [0.717, 1.165) is 0 Å². The fourth-order valence-electron chi connectivity index (χ4n) is 1.93. The number of hydrogen-bond donors (Lipinski definition) is 2. The maximum absolute atomic E-state index is 12.2. The molecule has 0 atom stereocenters. The van der Waals surface area contributed by atoms with E-state index in [-0.39, 0.29) is 11.3 Å². The van der Waals surface area contributed by atoms with Crippen molar-refractivity contribution in [2.75, 3.05) is 12.4 Å². The van der Waals surface area contributed by atoms with E-state index in [9.17, 15) is 20.0 Å². The zero-order valence-electron chi connectivity index (χ0n) is 13.1. The number of ether oxygens (including phenoxy) is 1. The van der Waals surface area contributed by atoms with Crippen molar-refractivity contribution in [1.82, 2.24) is 0 Å². The SMILES string of the molecule is COC(=O)c1ccc(NC(=O)/C(C#N)=C/c2ccc(O)c(I)c2)cc1. The number of aromatic hydroxyl groups is 1. The molecule has 0 saturated heterocycles. The van der Waals surface area contributed by atoms with E-state index >= 15 is 0 Å². The first-order valence-electron chi connectivity index (χ1n) is 7.04. The van der Waals surface area contributed by atoms with E-state index < -0.39 is 11.9 Å². The number of carbonyl (C=O) groups is 2. The number of amides is 1. The lowest BCUT2D eigenvalue weighted by molar-refractivity contribution is -0.112. The summed E-state index contributed by atoms with van der Waals surface area (Å²) in [5.41, 5.74) is 1.34. The summed E-state index contributed by atoms with van der Waals surface area (Å²) in [4.78, 5) is 23.6. The molecular weight excluding hydrogens is 435 g/mol. The van der Waals surface area contributed by atoms with Gasteiger partial charge in [-0.05, 0) is 70.6 Å². The van der Waals surface area contributed by atoms with Crippen LogP contribution >= 0.6 is 22.6 Å². The van der Waals surface area contributed by atoms with Gasteiger partial charge in [-0.15, -0.1) is 0 Å². The van der Waals surface area contributed by atoms with Gasteiger partial charge in [0.1, 0.15) is 17.4 Å². The van der Waals surface area contributed by atoms with E-state index in [1.54, 1.807) is 24.3 Å². The smallest absolute Gasteiger partial charge is 0.337 e. The number of phenols is 1. The topological polar surface area (TPSA) is 99.4 Å². The van der Waals surface area contributed by atoms with Gasteiger partial charge < -0.3 is 15.2 Å². The number of nitriles is 1. The quantitative estimate of drug-likeness (QED) is 0.324. The van der Waals surface area contributed by atoms with Gasteiger partial charge in [0.2, 0.25) is 0 Å². The molecule has 2 aromatic rings. The lowest BCUT2D eigenvalue weighted by atomic mass is 10.1. The number of phenolic OH excluding ortho intramolecular Hbond substituents is 1. The van der Waals surface area contributed by atoms with Crippen molar-refractivity contribution in [3.05, 3.63) is 62.7 Å². The second-order valence-corrected chi connectivity index (χ2v) is 6.07. The lowest BCUT2D eigenvalue weighted by Gasteiger charge is -2.06. The molecule has 0 aliphatic heterocycles. The largest absolute Gasteiger partial charge is 0.507 e. The predicted molar refractivity (Wildman–Crippen MR) is 101 cm³/mol. The molecule has 0 fully saturated rings. The molecule has 25 heavy (non-hydrogen) atoms. The van der Waals surface area contributed by atoms with E-state index in [0.29, 0.717) is 20.4 Å². The molecule has 0 spiro atoms. The third kappa shape index (κ3) is 4.81. The van der Waals surface area contributed by atoms with Gasteiger partial charge in [-0.2, -0.15) is 5.26 Å². The first-order chi connectivity index (χ1) is 11.9. The molecule has 0 bridgehead atoms. The fraction of sp³-hybridized carbons (Fsp3) is 0.0556. The van der Waals surface area contributed by atoms with Crippen molar-refractivity contribution >= 4 is 46.2 Å². The number of benzene rings is 2. The van der Waals surface area contributed by atoms with Crippen LogP contribution in [0.4, 0.5) is 5.69 Å². The Morgan fingerprint density at radius 3 is 2.48 bits per heavy atom. The van der Waals surface area contributed by atoms with Crippen LogP contribution in [-0.4, -0.2) is 24.1 Å². The van der Waals surface area contributed by atoms with Gasteiger partial charge in [0.25, 0.3) is 5.91 Å². The summed E-state index contributed by atoms with van der Waals surface area (Å²) in [6.45, 7) is 0. The van der Waals surface area contributed by atoms with Crippen LogP contribution in [0.3, 0.4) is 0 Å². The molecular formula is C18H13IN2O4. The summed E-state index contributed by atoms with van der Waals surface area (Å²) in [6, 6.07) is 12.7. The molecule has 2 aromatic carbocycles. The van der Waals surface area contributed by atoms with Crippen molar-refractivity contribution in [1.29, 1.82) is 5.26 Å². The number of nitrogens with one attached hydrogen (secondary N) is 1. The zero-order chi connectivity index (χ0) is 18.4. The van der Waals surface area contributed by atoms with Crippen LogP contribution in [-0.2, 0) is 9.53 Å². The summed E-state index contributed by atoms with van der Waals surface area (Å²) in [6.07, 6.45) is 1.43. The Hall–Kier alpha value is -2.86. The van der Waals surface area contributed by atoms with Crippen molar-refractivity contribution in [2.45, 2.75) is 0 Å². The maximum atomic E-state index is 12.2. The van der Waals surface area contributed by atoms with E-state index in [1.165, 1.54) is 31.4 Å². The van der Waals surface area contributed by atoms with Crippen LogP contribution in [0.1, 0.15) is 15.9 Å². The first-order valence-corrected chi connectivity index (χ1v) is 8.12. The Labute approximate surface area is 157 Å². The molecule has 0 aliphatic rings. The third-order valence-electron chi connectivity index (χ3n) is 3.21. The molecule has 1 amide bonds. The minimum atomic E-state index is -0.573.